The normalized spacial score (nSPS) is 14.4. The molecule has 1 N–H and O–H groups in total. The summed E-state index contributed by atoms with van der Waals surface area (Å²) in [6.07, 6.45) is 2.58. The first-order chi connectivity index (χ1) is 10.1. The van der Waals surface area contributed by atoms with Gasteiger partial charge in [0.15, 0.2) is 0 Å². The third-order valence-electron chi connectivity index (χ3n) is 3.62. The third kappa shape index (κ3) is 2.85. The summed E-state index contributed by atoms with van der Waals surface area (Å²) in [5.41, 5.74) is 0.909. The van der Waals surface area contributed by atoms with Crippen LogP contribution in [0.3, 0.4) is 0 Å². The SMILES string of the molecule is CCOC(=O)c1sc2nc(C)nc(NCC3CC3)c2c1C. The fourth-order valence-corrected chi connectivity index (χ4v) is 3.45. The monoisotopic (exact) mass is 305 g/mol. The minimum atomic E-state index is -0.274. The fraction of sp³-hybridized carbons (Fsp3) is 0.533. The number of nitrogens with zero attached hydrogens (tertiary/aromatic N) is 2. The van der Waals surface area contributed by atoms with Crippen molar-refractivity contribution in [1.29, 1.82) is 0 Å². The van der Waals surface area contributed by atoms with E-state index in [1.165, 1.54) is 24.2 Å². The summed E-state index contributed by atoms with van der Waals surface area (Å²) in [5.74, 6) is 2.05. The Kier molecular flexibility index (Phi) is 3.80. The van der Waals surface area contributed by atoms with Crippen LogP contribution in [0.5, 0.6) is 0 Å². The van der Waals surface area contributed by atoms with Crippen molar-refractivity contribution in [2.24, 2.45) is 5.92 Å². The Labute approximate surface area is 127 Å². The van der Waals surface area contributed by atoms with Gasteiger partial charge in [-0.3, -0.25) is 0 Å². The first kappa shape index (κ1) is 14.3. The molecule has 1 fully saturated rings. The summed E-state index contributed by atoms with van der Waals surface area (Å²) in [6.45, 7) is 6.94. The molecule has 6 heteroatoms. The van der Waals surface area contributed by atoms with Crippen LogP contribution in [-0.4, -0.2) is 29.1 Å². The fourth-order valence-electron chi connectivity index (χ4n) is 2.33. The van der Waals surface area contributed by atoms with Crippen molar-refractivity contribution < 1.29 is 9.53 Å². The van der Waals surface area contributed by atoms with E-state index in [1.807, 2.05) is 20.8 Å². The summed E-state index contributed by atoms with van der Waals surface area (Å²) in [4.78, 5) is 22.5. The highest BCUT2D eigenvalue weighted by Crippen LogP contribution is 2.35. The molecule has 0 saturated heterocycles. The van der Waals surface area contributed by atoms with Gasteiger partial charge in [0.05, 0.1) is 12.0 Å². The zero-order valence-corrected chi connectivity index (χ0v) is 13.3. The zero-order chi connectivity index (χ0) is 15.0. The number of nitrogens with one attached hydrogen (secondary N) is 1. The molecule has 2 heterocycles. The molecule has 112 valence electrons. The maximum absolute atomic E-state index is 12.0. The third-order valence-corrected chi connectivity index (χ3v) is 4.78. The van der Waals surface area contributed by atoms with Crippen molar-refractivity contribution in [3.05, 3.63) is 16.3 Å². The molecule has 0 bridgehead atoms. The van der Waals surface area contributed by atoms with Crippen molar-refractivity contribution in [3.63, 3.8) is 0 Å². The van der Waals surface area contributed by atoms with Crippen LogP contribution in [-0.2, 0) is 4.74 Å². The Hall–Kier alpha value is -1.69. The molecule has 0 aromatic carbocycles. The highest BCUT2D eigenvalue weighted by Gasteiger charge is 2.24. The number of hydrogen-bond donors (Lipinski definition) is 1. The van der Waals surface area contributed by atoms with Gasteiger partial charge in [-0.15, -0.1) is 11.3 Å². The second-order valence-corrected chi connectivity index (χ2v) is 6.40. The van der Waals surface area contributed by atoms with Gasteiger partial charge in [-0.1, -0.05) is 0 Å². The smallest absolute Gasteiger partial charge is 0.348 e. The molecule has 2 aromatic rings. The summed E-state index contributed by atoms with van der Waals surface area (Å²) in [6, 6.07) is 0. The van der Waals surface area contributed by atoms with Crippen LogP contribution in [0.4, 0.5) is 5.82 Å². The van der Waals surface area contributed by atoms with E-state index in [1.54, 1.807) is 0 Å². The van der Waals surface area contributed by atoms with E-state index >= 15 is 0 Å². The largest absolute Gasteiger partial charge is 0.462 e. The second-order valence-electron chi connectivity index (χ2n) is 5.40. The molecule has 0 radical (unpaired) electrons. The average molecular weight is 305 g/mol. The van der Waals surface area contributed by atoms with Crippen molar-refractivity contribution in [2.45, 2.75) is 33.6 Å². The highest BCUT2D eigenvalue weighted by atomic mass is 32.1. The van der Waals surface area contributed by atoms with E-state index < -0.39 is 0 Å². The maximum Gasteiger partial charge on any atom is 0.348 e. The number of carbonyl (C=O) groups is 1. The lowest BCUT2D eigenvalue weighted by Crippen LogP contribution is -2.07. The number of aromatic nitrogens is 2. The number of carbonyl (C=O) groups excluding carboxylic acids is 1. The van der Waals surface area contributed by atoms with Gasteiger partial charge in [-0.05, 0) is 45.1 Å². The van der Waals surface area contributed by atoms with Crippen molar-refractivity contribution in [3.8, 4) is 0 Å². The number of anilines is 1. The molecule has 21 heavy (non-hydrogen) atoms. The highest BCUT2D eigenvalue weighted by molar-refractivity contribution is 7.20. The molecule has 1 aliphatic rings. The van der Waals surface area contributed by atoms with Crippen molar-refractivity contribution in [1.82, 2.24) is 9.97 Å². The maximum atomic E-state index is 12.0. The summed E-state index contributed by atoms with van der Waals surface area (Å²) in [5, 5.41) is 4.37. The topological polar surface area (TPSA) is 64.1 Å². The average Bonchev–Trinajstić information content (AvgIpc) is 3.20. The Morgan fingerprint density at radius 2 is 2.14 bits per heavy atom. The van der Waals surface area contributed by atoms with Crippen LogP contribution < -0.4 is 5.32 Å². The molecule has 0 spiro atoms. The van der Waals surface area contributed by atoms with Crippen molar-refractivity contribution >= 4 is 33.3 Å². The molecule has 0 atom stereocenters. The van der Waals surface area contributed by atoms with Crippen LogP contribution in [0.1, 0.15) is 40.8 Å². The number of ether oxygens (including phenoxy) is 1. The zero-order valence-electron chi connectivity index (χ0n) is 12.5. The molecule has 0 aliphatic heterocycles. The molecule has 1 aliphatic carbocycles. The lowest BCUT2D eigenvalue weighted by molar-refractivity contribution is 0.0531. The Morgan fingerprint density at radius 1 is 1.38 bits per heavy atom. The van der Waals surface area contributed by atoms with Gasteiger partial charge in [0.25, 0.3) is 0 Å². The van der Waals surface area contributed by atoms with Gasteiger partial charge in [0.1, 0.15) is 21.3 Å². The van der Waals surface area contributed by atoms with E-state index in [2.05, 4.69) is 15.3 Å². The molecule has 5 nitrogen and oxygen atoms in total. The molecule has 3 rings (SSSR count). The number of esters is 1. The molecular weight excluding hydrogens is 286 g/mol. The van der Waals surface area contributed by atoms with E-state index in [9.17, 15) is 4.79 Å². The van der Waals surface area contributed by atoms with E-state index in [4.69, 9.17) is 4.74 Å². The molecule has 1 saturated carbocycles. The molecule has 0 amide bonds. The van der Waals surface area contributed by atoms with Gasteiger partial charge >= 0.3 is 5.97 Å². The number of rotatable bonds is 5. The number of hydrogen-bond acceptors (Lipinski definition) is 6. The number of thiophene rings is 1. The minimum Gasteiger partial charge on any atom is -0.462 e. The molecule has 2 aromatic heterocycles. The van der Waals surface area contributed by atoms with Gasteiger partial charge < -0.3 is 10.1 Å². The Balaban J connectivity index is 2.02. The predicted octanol–water partition coefficient (Wildman–Crippen LogP) is 3.31. The van der Waals surface area contributed by atoms with E-state index in [0.29, 0.717) is 11.5 Å². The lowest BCUT2D eigenvalue weighted by Gasteiger charge is -2.07. The van der Waals surface area contributed by atoms with Crippen LogP contribution >= 0.6 is 11.3 Å². The van der Waals surface area contributed by atoms with Gasteiger partial charge in [0, 0.05) is 6.54 Å². The van der Waals surface area contributed by atoms with Crippen LogP contribution in [0.25, 0.3) is 10.2 Å². The van der Waals surface area contributed by atoms with Gasteiger partial charge in [-0.2, -0.15) is 0 Å². The Bertz CT molecular complexity index is 692. The number of fused-ring (bicyclic) bond motifs is 1. The first-order valence-electron chi connectivity index (χ1n) is 7.29. The molecule has 0 unspecified atom stereocenters. The second kappa shape index (κ2) is 5.60. The van der Waals surface area contributed by atoms with Crippen LogP contribution in [0, 0.1) is 19.8 Å². The van der Waals surface area contributed by atoms with Crippen molar-refractivity contribution in [2.75, 3.05) is 18.5 Å². The van der Waals surface area contributed by atoms with Gasteiger partial charge in [-0.25, -0.2) is 14.8 Å². The summed E-state index contributed by atoms with van der Waals surface area (Å²) in [7, 11) is 0. The standard InChI is InChI=1S/C15H19N3O2S/c1-4-20-15(19)12-8(2)11-13(16-7-10-5-6-10)17-9(3)18-14(11)21-12/h10H,4-7H2,1-3H3,(H,16,17,18). The first-order valence-corrected chi connectivity index (χ1v) is 8.10. The van der Waals surface area contributed by atoms with Gasteiger partial charge in [0.2, 0.25) is 0 Å². The van der Waals surface area contributed by atoms with Crippen LogP contribution in [0.2, 0.25) is 0 Å². The minimum absolute atomic E-state index is 0.274. The predicted molar refractivity (Wildman–Crippen MR) is 84.1 cm³/mol. The van der Waals surface area contributed by atoms with E-state index in [0.717, 1.165) is 39.9 Å². The number of aryl methyl sites for hydroxylation is 2. The van der Waals surface area contributed by atoms with Crippen LogP contribution in [0.15, 0.2) is 0 Å². The lowest BCUT2D eigenvalue weighted by atomic mass is 10.2. The summed E-state index contributed by atoms with van der Waals surface area (Å²) >= 11 is 1.38. The summed E-state index contributed by atoms with van der Waals surface area (Å²) < 4.78 is 5.12. The quantitative estimate of drug-likeness (QED) is 0.859. The molecular formula is C15H19N3O2S. The van der Waals surface area contributed by atoms with E-state index in [-0.39, 0.29) is 5.97 Å². The Morgan fingerprint density at radius 3 is 2.81 bits per heavy atom.